The van der Waals surface area contributed by atoms with E-state index in [4.69, 9.17) is 4.74 Å². The molecule has 0 radical (unpaired) electrons. The van der Waals surface area contributed by atoms with E-state index in [-0.39, 0.29) is 18.0 Å². The van der Waals surface area contributed by atoms with Crippen molar-refractivity contribution in [1.82, 2.24) is 14.5 Å². The standard InChI is InChI=1S/C22H21N5O5S/c1-12-4-2-6-14-18(12)25-21(30)26(20(14)29)9-3-5-13-10-27(22(31)32-13)16-8-7-15-19(23-16)24-17(28)11-33-15/h2,4,6-8,13H,3,5,9-11H2,1H3,(H,25,30)(H,23,24,28). The van der Waals surface area contributed by atoms with Crippen LogP contribution in [0.15, 0.2) is 44.8 Å². The number of ether oxygens (including phenoxy) is 1. The predicted octanol–water partition coefficient (Wildman–Crippen LogP) is 2.24. The first-order valence-electron chi connectivity index (χ1n) is 10.5. The predicted molar refractivity (Wildman–Crippen MR) is 124 cm³/mol. The second-order valence-electron chi connectivity index (χ2n) is 8.00. The fraction of sp³-hybridized carbons (Fsp3) is 0.318. The summed E-state index contributed by atoms with van der Waals surface area (Å²) < 4.78 is 6.64. The Bertz CT molecular complexity index is 1400. The van der Waals surface area contributed by atoms with Crippen LogP contribution in [0.5, 0.6) is 0 Å². The zero-order valence-corrected chi connectivity index (χ0v) is 18.6. The smallest absolute Gasteiger partial charge is 0.415 e. The van der Waals surface area contributed by atoms with Gasteiger partial charge in [0, 0.05) is 6.54 Å². The molecule has 11 heteroatoms. The van der Waals surface area contributed by atoms with Gasteiger partial charge in [-0.2, -0.15) is 0 Å². The third kappa shape index (κ3) is 3.99. The Labute approximate surface area is 192 Å². The van der Waals surface area contributed by atoms with Gasteiger partial charge in [0.15, 0.2) is 0 Å². The molecule has 2 aromatic heterocycles. The van der Waals surface area contributed by atoms with Crippen LogP contribution in [0, 0.1) is 6.92 Å². The molecule has 1 fully saturated rings. The number of carbonyl (C=O) groups is 2. The number of aryl methyl sites for hydroxylation is 1. The lowest BCUT2D eigenvalue weighted by Crippen LogP contribution is -2.35. The number of pyridine rings is 1. The maximum absolute atomic E-state index is 12.8. The second kappa shape index (κ2) is 8.39. The molecule has 1 atom stereocenters. The number of amides is 2. The highest BCUT2D eigenvalue weighted by atomic mass is 32.2. The van der Waals surface area contributed by atoms with Crippen LogP contribution in [0.3, 0.4) is 0 Å². The number of anilines is 2. The molecule has 0 bridgehead atoms. The van der Waals surface area contributed by atoms with E-state index in [9.17, 15) is 19.2 Å². The van der Waals surface area contributed by atoms with Crippen molar-refractivity contribution in [3.63, 3.8) is 0 Å². The van der Waals surface area contributed by atoms with E-state index in [1.165, 1.54) is 21.2 Å². The number of rotatable bonds is 5. The van der Waals surface area contributed by atoms with E-state index in [0.29, 0.717) is 47.7 Å². The zero-order chi connectivity index (χ0) is 23.1. The first kappa shape index (κ1) is 21.3. The number of para-hydroxylation sites is 1. The molecular weight excluding hydrogens is 446 g/mol. The molecule has 33 heavy (non-hydrogen) atoms. The lowest BCUT2D eigenvalue weighted by Gasteiger charge is -2.18. The Kier molecular flexibility index (Phi) is 5.41. The maximum atomic E-state index is 12.8. The molecule has 2 N–H and O–H groups in total. The van der Waals surface area contributed by atoms with E-state index in [0.717, 1.165) is 10.5 Å². The number of aromatic nitrogens is 3. The minimum Gasteiger partial charge on any atom is -0.444 e. The topological polar surface area (TPSA) is 126 Å². The summed E-state index contributed by atoms with van der Waals surface area (Å²) in [5.41, 5.74) is 0.600. The first-order valence-corrected chi connectivity index (χ1v) is 11.5. The zero-order valence-electron chi connectivity index (χ0n) is 17.8. The molecule has 5 rings (SSSR count). The quantitative estimate of drug-likeness (QED) is 0.589. The van der Waals surface area contributed by atoms with Crippen LogP contribution < -0.4 is 21.5 Å². The van der Waals surface area contributed by atoms with Gasteiger partial charge in [0.1, 0.15) is 17.7 Å². The van der Waals surface area contributed by atoms with Crippen LogP contribution in [0.25, 0.3) is 10.9 Å². The summed E-state index contributed by atoms with van der Waals surface area (Å²) in [7, 11) is 0. The van der Waals surface area contributed by atoms with Crippen LogP contribution in [0.2, 0.25) is 0 Å². The third-order valence-electron chi connectivity index (χ3n) is 5.74. The Balaban J connectivity index is 1.26. The lowest BCUT2D eigenvalue weighted by atomic mass is 10.1. The number of nitrogens with zero attached hydrogens (tertiary/aromatic N) is 3. The highest BCUT2D eigenvalue weighted by Crippen LogP contribution is 2.32. The molecule has 2 amide bonds. The van der Waals surface area contributed by atoms with Crippen molar-refractivity contribution in [2.75, 3.05) is 22.5 Å². The summed E-state index contributed by atoms with van der Waals surface area (Å²) in [5, 5.41) is 3.18. The molecule has 4 heterocycles. The largest absolute Gasteiger partial charge is 0.444 e. The number of carbonyl (C=O) groups excluding carboxylic acids is 2. The van der Waals surface area contributed by atoms with Gasteiger partial charge in [-0.05, 0) is 43.5 Å². The van der Waals surface area contributed by atoms with E-state index >= 15 is 0 Å². The van der Waals surface area contributed by atoms with Gasteiger partial charge in [-0.1, -0.05) is 12.1 Å². The molecule has 1 unspecified atom stereocenters. The van der Waals surface area contributed by atoms with Crippen molar-refractivity contribution < 1.29 is 14.3 Å². The number of fused-ring (bicyclic) bond motifs is 2. The van der Waals surface area contributed by atoms with E-state index < -0.39 is 17.9 Å². The number of hydrogen-bond donors (Lipinski definition) is 2. The molecule has 3 aromatic rings. The van der Waals surface area contributed by atoms with Crippen LogP contribution in [-0.2, 0) is 16.1 Å². The van der Waals surface area contributed by atoms with Gasteiger partial charge >= 0.3 is 11.8 Å². The van der Waals surface area contributed by atoms with Gasteiger partial charge < -0.3 is 15.0 Å². The molecule has 1 aromatic carbocycles. The molecular formula is C22H21N5O5S. The summed E-state index contributed by atoms with van der Waals surface area (Å²) >= 11 is 1.40. The average Bonchev–Trinajstić information content (AvgIpc) is 3.16. The Morgan fingerprint density at radius 1 is 1.18 bits per heavy atom. The summed E-state index contributed by atoms with van der Waals surface area (Å²) in [6.07, 6.45) is 0.0590. The normalized spacial score (nSPS) is 17.7. The fourth-order valence-electron chi connectivity index (χ4n) is 4.07. The summed E-state index contributed by atoms with van der Waals surface area (Å²) in [4.78, 5) is 58.7. The van der Waals surface area contributed by atoms with Gasteiger partial charge in [0.2, 0.25) is 5.91 Å². The number of H-pyrrole nitrogens is 1. The molecule has 170 valence electrons. The van der Waals surface area contributed by atoms with E-state index in [1.54, 1.807) is 18.2 Å². The Morgan fingerprint density at radius 2 is 2.03 bits per heavy atom. The van der Waals surface area contributed by atoms with Crippen molar-refractivity contribution in [3.8, 4) is 0 Å². The van der Waals surface area contributed by atoms with Gasteiger partial charge in [-0.3, -0.25) is 19.1 Å². The third-order valence-corrected chi connectivity index (χ3v) is 6.79. The van der Waals surface area contributed by atoms with Crippen LogP contribution in [-0.4, -0.2) is 44.9 Å². The van der Waals surface area contributed by atoms with E-state index in [1.807, 2.05) is 19.1 Å². The van der Waals surface area contributed by atoms with Crippen molar-refractivity contribution in [2.45, 2.75) is 37.3 Å². The molecule has 2 aliphatic rings. The van der Waals surface area contributed by atoms with E-state index in [2.05, 4.69) is 15.3 Å². The minimum absolute atomic E-state index is 0.131. The highest BCUT2D eigenvalue weighted by molar-refractivity contribution is 8.00. The number of benzene rings is 1. The van der Waals surface area contributed by atoms with Crippen LogP contribution in [0.1, 0.15) is 18.4 Å². The maximum Gasteiger partial charge on any atom is 0.415 e. The van der Waals surface area contributed by atoms with Gasteiger partial charge in [-0.25, -0.2) is 14.6 Å². The van der Waals surface area contributed by atoms with Crippen molar-refractivity contribution in [2.24, 2.45) is 0 Å². The number of cyclic esters (lactones) is 1. The molecule has 0 aliphatic carbocycles. The molecule has 2 aliphatic heterocycles. The molecule has 0 spiro atoms. The Morgan fingerprint density at radius 3 is 2.88 bits per heavy atom. The number of hydrogen-bond acceptors (Lipinski definition) is 7. The molecule has 1 saturated heterocycles. The average molecular weight is 468 g/mol. The summed E-state index contributed by atoms with van der Waals surface area (Å²) in [6.45, 7) is 2.35. The van der Waals surface area contributed by atoms with Crippen molar-refractivity contribution in [3.05, 3.63) is 56.7 Å². The minimum atomic E-state index is -0.515. The second-order valence-corrected chi connectivity index (χ2v) is 9.01. The molecule has 10 nitrogen and oxygen atoms in total. The van der Waals surface area contributed by atoms with Crippen molar-refractivity contribution in [1.29, 1.82) is 0 Å². The SMILES string of the molecule is Cc1cccc2c(=O)n(CCCC3CN(c4ccc5c(n4)NC(=O)CS5)C(=O)O3)c(=O)[nH]c12. The summed E-state index contributed by atoms with van der Waals surface area (Å²) in [5.74, 6) is 1.05. The van der Waals surface area contributed by atoms with Gasteiger partial charge in [0.05, 0.1) is 28.1 Å². The van der Waals surface area contributed by atoms with Crippen LogP contribution >= 0.6 is 11.8 Å². The Hall–Kier alpha value is -3.60. The highest BCUT2D eigenvalue weighted by Gasteiger charge is 2.33. The number of nitrogens with one attached hydrogen (secondary N) is 2. The molecule has 0 saturated carbocycles. The number of thioether (sulfide) groups is 1. The van der Waals surface area contributed by atoms with Gasteiger partial charge in [-0.15, -0.1) is 11.8 Å². The fourth-order valence-corrected chi connectivity index (χ4v) is 4.82. The summed E-state index contributed by atoms with van der Waals surface area (Å²) in [6, 6.07) is 8.87. The monoisotopic (exact) mass is 467 g/mol. The lowest BCUT2D eigenvalue weighted by molar-refractivity contribution is -0.113. The van der Waals surface area contributed by atoms with Crippen molar-refractivity contribution >= 4 is 46.3 Å². The van der Waals surface area contributed by atoms with Crippen LogP contribution in [0.4, 0.5) is 16.4 Å². The first-order chi connectivity index (χ1) is 15.9. The number of aromatic amines is 1. The van der Waals surface area contributed by atoms with Gasteiger partial charge in [0.25, 0.3) is 5.56 Å².